The summed E-state index contributed by atoms with van der Waals surface area (Å²) in [5, 5.41) is 10.6. The smallest absolute Gasteiger partial charge is 0.367 e. The van der Waals surface area contributed by atoms with E-state index in [9.17, 15) is 10.1 Å². The molecule has 1 aromatic heterocycles. The van der Waals surface area contributed by atoms with Crippen LogP contribution in [0, 0.1) is 10.1 Å². The van der Waals surface area contributed by atoms with Crippen LogP contribution in [0.4, 0.5) is 5.82 Å². The van der Waals surface area contributed by atoms with Gasteiger partial charge in [0.25, 0.3) is 0 Å². The van der Waals surface area contributed by atoms with E-state index < -0.39 is 4.92 Å². The standard InChI is InChI=1S/C9H11N3O3/c10-5-6-3-8(15-7-1-2-7)4-9(11-6)12(13)14/h3-4,7H,1-2,5,10H2. The van der Waals surface area contributed by atoms with Crippen LogP contribution in [0.25, 0.3) is 0 Å². The summed E-state index contributed by atoms with van der Waals surface area (Å²) >= 11 is 0. The predicted octanol–water partition coefficient (Wildman–Crippen LogP) is 0.990. The lowest BCUT2D eigenvalue weighted by atomic mass is 10.3. The van der Waals surface area contributed by atoms with Gasteiger partial charge in [-0.15, -0.1) is 0 Å². The Kier molecular flexibility index (Phi) is 2.51. The third-order valence-electron chi connectivity index (χ3n) is 2.06. The van der Waals surface area contributed by atoms with E-state index >= 15 is 0 Å². The number of pyridine rings is 1. The first-order valence-electron chi connectivity index (χ1n) is 4.71. The number of ether oxygens (including phenoxy) is 1. The highest BCUT2D eigenvalue weighted by molar-refractivity contribution is 5.34. The molecule has 15 heavy (non-hydrogen) atoms. The zero-order chi connectivity index (χ0) is 10.8. The molecule has 0 saturated heterocycles. The lowest BCUT2D eigenvalue weighted by Crippen LogP contribution is -2.04. The van der Waals surface area contributed by atoms with Crippen LogP contribution in [-0.2, 0) is 6.54 Å². The molecule has 0 spiro atoms. The largest absolute Gasteiger partial charge is 0.490 e. The van der Waals surface area contributed by atoms with Crippen LogP contribution in [0.15, 0.2) is 12.1 Å². The van der Waals surface area contributed by atoms with Gasteiger partial charge < -0.3 is 20.6 Å². The van der Waals surface area contributed by atoms with Crippen molar-refractivity contribution in [3.63, 3.8) is 0 Å². The normalized spacial score (nSPS) is 15.0. The molecule has 2 rings (SSSR count). The zero-order valence-corrected chi connectivity index (χ0v) is 8.05. The molecular weight excluding hydrogens is 198 g/mol. The Morgan fingerprint density at radius 1 is 1.60 bits per heavy atom. The maximum Gasteiger partial charge on any atom is 0.367 e. The predicted molar refractivity (Wildman–Crippen MR) is 52.4 cm³/mol. The molecule has 6 heteroatoms. The summed E-state index contributed by atoms with van der Waals surface area (Å²) in [6.45, 7) is 0.169. The monoisotopic (exact) mass is 209 g/mol. The molecule has 1 saturated carbocycles. The minimum Gasteiger partial charge on any atom is -0.490 e. The first-order chi connectivity index (χ1) is 7.19. The van der Waals surface area contributed by atoms with Crippen molar-refractivity contribution in [2.45, 2.75) is 25.5 Å². The average Bonchev–Trinajstić information content (AvgIpc) is 3.01. The molecule has 1 fully saturated rings. The number of nitrogens with two attached hydrogens (primary N) is 1. The molecule has 1 aliphatic rings. The molecular formula is C9H11N3O3. The second-order valence-electron chi connectivity index (χ2n) is 3.43. The van der Waals surface area contributed by atoms with Crippen molar-refractivity contribution in [1.82, 2.24) is 4.98 Å². The van der Waals surface area contributed by atoms with Crippen molar-refractivity contribution in [2.24, 2.45) is 5.73 Å². The molecule has 0 aliphatic heterocycles. The molecule has 0 aromatic carbocycles. The van der Waals surface area contributed by atoms with Crippen LogP contribution in [0.1, 0.15) is 18.5 Å². The second kappa shape index (κ2) is 3.82. The van der Waals surface area contributed by atoms with Crippen LogP contribution >= 0.6 is 0 Å². The fourth-order valence-electron chi connectivity index (χ4n) is 1.19. The summed E-state index contributed by atoms with van der Waals surface area (Å²) in [5.74, 6) is 0.272. The van der Waals surface area contributed by atoms with Crippen molar-refractivity contribution < 1.29 is 9.66 Å². The van der Waals surface area contributed by atoms with Crippen LogP contribution in [0.5, 0.6) is 5.75 Å². The lowest BCUT2D eigenvalue weighted by molar-refractivity contribution is -0.389. The van der Waals surface area contributed by atoms with Crippen molar-refractivity contribution in [3.05, 3.63) is 27.9 Å². The van der Waals surface area contributed by atoms with E-state index in [1.54, 1.807) is 6.07 Å². The van der Waals surface area contributed by atoms with E-state index in [-0.39, 0.29) is 18.5 Å². The van der Waals surface area contributed by atoms with Crippen LogP contribution in [0.2, 0.25) is 0 Å². The van der Waals surface area contributed by atoms with Gasteiger partial charge in [-0.25, -0.2) is 0 Å². The van der Waals surface area contributed by atoms with Crippen molar-refractivity contribution in [1.29, 1.82) is 0 Å². The minimum absolute atomic E-state index is 0.169. The van der Waals surface area contributed by atoms with E-state index in [2.05, 4.69) is 4.98 Å². The second-order valence-corrected chi connectivity index (χ2v) is 3.43. The number of hydrogen-bond donors (Lipinski definition) is 1. The minimum atomic E-state index is -0.543. The van der Waals surface area contributed by atoms with Crippen molar-refractivity contribution in [2.75, 3.05) is 0 Å². The summed E-state index contributed by atoms with van der Waals surface area (Å²) in [6, 6.07) is 2.97. The maximum atomic E-state index is 10.6. The molecule has 0 amide bonds. The Balaban J connectivity index is 2.27. The highest BCUT2D eigenvalue weighted by atomic mass is 16.6. The average molecular weight is 209 g/mol. The van der Waals surface area contributed by atoms with Gasteiger partial charge in [0.2, 0.25) is 0 Å². The SMILES string of the molecule is NCc1cc(OC2CC2)cc([N+](=O)[O-])n1. The van der Waals surface area contributed by atoms with Gasteiger partial charge in [0.1, 0.15) is 5.75 Å². The van der Waals surface area contributed by atoms with Gasteiger partial charge in [-0.3, -0.25) is 0 Å². The molecule has 1 aliphatic carbocycles. The summed E-state index contributed by atoms with van der Waals surface area (Å²) < 4.78 is 5.46. The van der Waals surface area contributed by atoms with E-state index in [1.165, 1.54) is 6.07 Å². The summed E-state index contributed by atoms with van der Waals surface area (Å²) in [6.07, 6.45) is 2.22. The third kappa shape index (κ3) is 2.41. The van der Waals surface area contributed by atoms with Crippen molar-refractivity contribution >= 4 is 5.82 Å². The van der Waals surface area contributed by atoms with Gasteiger partial charge in [-0.05, 0) is 22.7 Å². The van der Waals surface area contributed by atoms with Gasteiger partial charge in [-0.1, -0.05) is 0 Å². The third-order valence-corrected chi connectivity index (χ3v) is 2.06. The molecule has 80 valence electrons. The lowest BCUT2D eigenvalue weighted by Gasteiger charge is -2.03. The van der Waals surface area contributed by atoms with Gasteiger partial charge in [0, 0.05) is 6.07 Å². The van der Waals surface area contributed by atoms with Crippen LogP contribution in [0.3, 0.4) is 0 Å². The Labute approximate surface area is 86.2 Å². The highest BCUT2D eigenvalue weighted by Gasteiger charge is 2.25. The fraction of sp³-hybridized carbons (Fsp3) is 0.444. The van der Waals surface area contributed by atoms with Crippen molar-refractivity contribution in [3.8, 4) is 5.75 Å². The fourth-order valence-corrected chi connectivity index (χ4v) is 1.19. The molecule has 0 radical (unpaired) electrons. The molecule has 1 heterocycles. The Morgan fingerprint density at radius 2 is 2.33 bits per heavy atom. The highest BCUT2D eigenvalue weighted by Crippen LogP contribution is 2.28. The summed E-state index contributed by atoms with van der Waals surface area (Å²) in [5.41, 5.74) is 5.87. The maximum absolute atomic E-state index is 10.6. The van der Waals surface area contributed by atoms with Crippen LogP contribution in [-0.4, -0.2) is 16.0 Å². The Hall–Kier alpha value is -1.69. The molecule has 2 N–H and O–H groups in total. The summed E-state index contributed by atoms with van der Waals surface area (Å²) in [4.78, 5) is 13.8. The number of nitro groups is 1. The number of nitrogens with zero attached hydrogens (tertiary/aromatic N) is 2. The van der Waals surface area contributed by atoms with E-state index in [4.69, 9.17) is 10.5 Å². The number of rotatable bonds is 4. The number of aromatic nitrogens is 1. The first kappa shape index (κ1) is 9.85. The molecule has 6 nitrogen and oxygen atoms in total. The van der Waals surface area contributed by atoms with E-state index in [0.29, 0.717) is 11.4 Å². The molecule has 0 unspecified atom stereocenters. The van der Waals surface area contributed by atoms with Crippen LogP contribution < -0.4 is 10.5 Å². The molecule has 0 bridgehead atoms. The quantitative estimate of drug-likeness (QED) is 0.589. The Bertz CT molecular complexity index is 390. The topological polar surface area (TPSA) is 91.3 Å². The zero-order valence-electron chi connectivity index (χ0n) is 8.05. The van der Waals surface area contributed by atoms with E-state index in [0.717, 1.165) is 12.8 Å². The Morgan fingerprint density at radius 3 is 2.87 bits per heavy atom. The molecule has 1 aromatic rings. The molecule has 0 atom stereocenters. The van der Waals surface area contributed by atoms with Gasteiger partial charge in [-0.2, -0.15) is 0 Å². The first-order valence-corrected chi connectivity index (χ1v) is 4.71. The number of hydrogen-bond acceptors (Lipinski definition) is 5. The van der Waals surface area contributed by atoms with Gasteiger partial charge in [0.15, 0.2) is 5.69 Å². The van der Waals surface area contributed by atoms with E-state index in [1.807, 2.05) is 0 Å². The summed E-state index contributed by atoms with van der Waals surface area (Å²) in [7, 11) is 0. The van der Waals surface area contributed by atoms with Gasteiger partial charge in [0.05, 0.1) is 18.7 Å². The van der Waals surface area contributed by atoms with Gasteiger partial charge >= 0.3 is 5.82 Å².